The fourth-order valence-electron chi connectivity index (χ4n) is 0. The Morgan fingerprint density at radius 1 is 1.50 bits per heavy atom. The van der Waals surface area contributed by atoms with Crippen LogP contribution in [0.2, 0.25) is 0 Å². The first-order valence-electron chi connectivity index (χ1n) is 0.977. The molecule has 0 fully saturated rings. The van der Waals surface area contributed by atoms with Gasteiger partial charge in [-0.2, -0.15) is 9.90 Å². The SMILES string of the molecule is CS(N)(=O)=O.P. The van der Waals surface area contributed by atoms with Gasteiger partial charge in [0.25, 0.3) is 0 Å². The van der Waals surface area contributed by atoms with E-state index in [-0.39, 0.29) is 9.90 Å². The highest BCUT2D eigenvalue weighted by atomic mass is 32.2. The van der Waals surface area contributed by atoms with E-state index in [1.807, 2.05) is 0 Å². The van der Waals surface area contributed by atoms with Gasteiger partial charge in [0.05, 0.1) is 6.26 Å². The van der Waals surface area contributed by atoms with E-state index in [0.29, 0.717) is 0 Å². The van der Waals surface area contributed by atoms with Crippen molar-refractivity contribution in [2.75, 3.05) is 6.26 Å². The molecule has 0 radical (unpaired) electrons. The lowest BCUT2D eigenvalue weighted by molar-refractivity contribution is 0.603. The zero-order chi connectivity index (χ0) is 4.50. The van der Waals surface area contributed by atoms with Crippen LogP contribution < -0.4 is 5.14 Å². The molecule has 1 unspecified atom stereocenters. The van der Waals surface area contributed by atoms with Gasteiger partial charge in [0, 0.05) is 0 Å². The standard InChI is InChI=1S/CH5NO2S.H3P/c1-5(2,3)4;/h1H3,(H2,2,3,4);1H3. The van der Waals surface area contributed by atoms with E-state index in [2.05, 4.69) is 5.14 Å². The Morgan fingerprint density at radius 3 is 1.50 bits per heavy atom. The van der Waals surface area contributed by atoms with E-state index < -0.39 is 10.0 Å². The summed E-state index contributed by atoms with van der Waals surface area (Å²) in [6.45, 7) is 0. The molecule has 0 aliphatic rings. The number of hydrogen-bond acceptors (Lipinski definition) is 2. The molecule has 0 aliphatic carbocycles. The summed E-state index contributed by atoms with van der Waals surface area (Å²) in [5, 5.41) is 4.33. The van der Waals surface area contributed by atoms with Crippen LogP contribution in [0.5, 0.6) is 0 Å². The highest BCUT2D eigenvalue weighted by molar-refractivity contribution is 7.88. The molecule has 0 spiro atoms. The molecule has 6 heavy (non-hydrogen) atoms. The Balaban J connectivity index is 0. The van der Waals surface area contributed by atoms with Crippen molar-refractivity contribution in [2.24, 2.45) is 5.14 Å². The number of sulfonamides is 1. The summed E-state index contributed by atoms with van der Waals surface area (Å²) < 4.78 is 18.8. The summed E-state index contributed by atoms with van der Waals surface area (Å²) in [7, 11) is -3.17. The van der Waals surface area contributed by atoms with Crippen molar-refractivity contribution in [1.29, 1.82) is 0 Å². The van der Waals surface area contributed by atoms with Gasteiger partial charge in [0.2, 0.25) is 10.0 Å². The van der Waals surface area contributed by atoms with Crippen LogP contribution in [0.15, 0.2) is 0 Å². The van der Waals surface area contributed by atoms with Gasteiger partial charge in [-0.1, -0.05) is 0 Å². The zero-order valence-corrected chi connectivity index (χ0v) is 5.74. The molecular formula is CH8NO2PS. The molecule has 0 aromatic heterocycles. The first-order valence-corrected chi connectivity index (χ1v) is 2.93. The van der Waals surface area contributed by atoms with Gasteiger partial charge in [0.1, 0.15) is 0 Å². The fraction of sp³-hybridized carbons (Fsp3) is 1.00. The average Bonchev–Trinajstić information content (AvgIpc) is 0.722. The Kier molecular flexibility index (Phi) is 4.00. The minimum atomic E-state index is -3.17. The van der Waals surface area contributed by atoms with E-state index in [4.69, 9.17) is 0 Å². The Bertz CT molecular complexity index is 96.7. The molecule has 0 heterocycles. The largest absolute Gasteiger partial charge is 0.229 e. The molecule has 0 amide bonds. The maximum Gasteiger partial charge on any atom is 0.206 e. The summed E-state index contributed by atoms with van der Waals surface area (Å²) >= 11 is 0. The predicted octanol–water partition coefficient (Wildman–Crippen LogP) is -1.04. The van der Waals surface area contributed by atoms with Gasteiger partial charge in [-0.05, 0) is 0 Å². The van der Waals surface area contributed by atoms with Crippen molar-refractivity contribution in [1.82, 2.24) is 0 Å². The second-order valence-corrected chi connectivity index (χ2v) is 2.49. The van der Waals surface area contributed by atoms with Crippen molar-refractivity contribution in [2.45, 2.75) is 0 Å². The van der Waals surface area contributed by atoms with Crippen molar-refractivity contribution in [3.05, 3.63) is 0 Å². The maximum atomic E-state index is 9.41. The molecule has 0 bridgehead atoms. The molecule has 0 saturated heterocycles. The number of rotatable bonds is 0. The summed E-state index contributed by atoms with van der Waals surface area (Å²) in [5.41, 5.74) is 0. The zero-order valence-electron chi connectivity index (χ0n) is 3.51. The van der Waals surface area contributed by atoms with Crippen molar-refractivity contribution < 1.29 is 8.42 Å². The normalized spacial score (nSPS) is 9.67. The topological polar surface area (TPSA) is 60.2 Å². The lowest BCUT2D eigenvalue weighted by Crippen LogP contribution is -2.07. The molecule has 40 valence electrons. The summed E-state index contributed by atoms with van der Waals surface area (Å²) in [6, 6.07) is 0. The van der Waals surface area contributed by atoms with Crippen LogP contribution in [0, 0.1) is 0 Å². The Hall–Kier alpha value is 0.340. The van der Waals surface area contributed by atoms with E-state index in [1.165, 1.54) is 0 Å². The van der Waals surface area contributed by atoms with Crippen LogP contribution in [0.3, 0.4) is 0 Å². The number of primary sulfonamides is 1. The molecular weight excluding hydrogens is 121 g/mol. The first-order chi connectivity index (χ1) is 2.00. The lowest BCUT2D eigenvalue weighted by Gasteiger charge is -1.71. The second kappa shape index (κ2) is 2.50. The van der Waals surface area contributed by atoms with Crippen LogP contribution >= 0.6 is 9.90 Å². The quantitative estimate of drug-likeness (QED) is 0.425. The minimum Gasteiger partial charge on any atom is -0.229 e. The summed E-state index contributed by atoms with van der Waals surface area (Å²) in [5.74, 6) is 0. The van der Waals surface area contributed by atoms with Crippen LogP contribution in [0.1, 0.15) is 0 Å². The predicted molar refractivity (Wildman–Crippen MR) is 30.1 cm³/mol. The molecule has 5 heteroatoms. The molecule has 1 atom stereocenters. The van der Waals surface area contributed by atoms with Gasteiger partial charge in [0.15, 0.2) is 0 Å². The minimum absolute atomic E-state index is 0. The van der Waals surface area contributed by atoms with E-state index in [1.54, 1.807) is 0 Å². The second-order valence-electron chi connectivity index (χ2n) is 0.830. The Labute approximate surface area is 40.6 Å². The van der Waals surface area contributed by atoms with Crippen LogP contribution in [-0.4, -0.2) is 14.7 Å². The van der Waals surface area contributed by atoms with E-state index >= 15 is 0 Å². The Morgan fingerprint density at radius 2 is 1.50 bits per heavy atom. The van der Waals surface area contributed by atoms with Gasteiger partial charge < -0.3 is 0 Å². The summed E-state index contributed by atoms with van der Waals surface area (Å²) in [6.07, 6.45) is 0.938. The number of nitrogens with two attached hydrogens (primary N) is 1. The van der Waals surface area contributed by atoms with Crippen LogP contribution in [0.25, 0.3) is 0 Å². The molecule has 0 aliphatic heterocycles. The third-order valence-corrected chi connectivity index (χ3v) is 0. The monoisotopic (exact) mass is 129 g/mol. The lowest BCUT2D eigenvalue weighted by atomic mass is 12.0. The van der Waals surface area contributed by atoms with Gasteiger partial charge in [-0.3, -0.25) is 0 Å². The van der Waals surface area contributed by atoms with Crippen molar-refractivity contribution >= 4 is 19.9 Å². The van der Waals surface area contributed by atoms with Crippen LogP contribution in [-0.2, 0) is 10.0 Å². The van der Waals surface area contributed by atoms with Crippen molar-refractivity contribution in [3.63, 3.8) is 0 Å². The third-order valence-electron chi connectivity index (χ3n) is 0. The van der Waals surface area contributed by atoms with E-state index in [9.17, 15) is 8.42 Å². The van der Waals surface area contributed by atoms with Gasteiger partial charge >= 0.3 is 0 Å². The fourth-order valence-corrected chi connectivity index (χ4v) is 0. The molecule has 0 saturated carbocycles. The average molecular weight is 129 g/mol. The first kappa shape index (κ1) is 9.60. The number of hydrogen-bond donors (Lipinski definition) is 1. The van der Waals surface area contributed by atoms with Crippen molar-refractivity contribution in [3.8, 4) is 0 Å². The molecule has 3 nitrogen and oxygen atoms in total. The molecule has 0 aromatic carbocycles. The smallest absolute Gasteiger partial charge is 0.206 e. The highest BCUT2D eigenvalue weighted by Crippen LogP contribution is 1.52. The molecule has 0 aromatic rings. The highest BCUT2D eigenvalue weighted by Gasteiger charge is 1.78. The van der Waals surface area contributed by atoms with E-state index in [0.717, 1.165) is 6.26 Å². The summed E-state index contributed by atoms with van der Waals surface area (Å²) in [4.78, 5) is 0. The molecule has 0 rings (SSSR count). The third kappa shape index (κ3) is 419. The van der Waals surface area contributed by atoms with Gasteiger partial charge in [-0.25, -0.2) is 13.6 Å². The van der Waals surface area contributed by atoms with Crippen LogP contribution in [0.4, 0.5) is 0 Å². The molecule has 2 N–H and O–H groups in total. The maximum absolute atomic E-state index is 9.41. The van der Waals surface area contributed by atoms with Gasteiger partial charge in [-0.15, -0.1) is 0 Å².